The van der Waals surface area contributed by atoms with Gasteiger partial charge in [-0.1, -0.05) is 37.7 Å². The number of hydrogen-bond acceptors (Lipinski definition) is 4. The molecule has 0 N–H and O–H groups in total. The molecule has 2 aromatic rings. The largest absolute Gasteiger partial charge is 0.339 e. The average Bonchev–Trinajstić information content (AvgIpc) is 2.71. The summed E-state index contributed by atoms with van der Waals surface area (Å²) in [6, 6.07) is 7.84. The number of piperidine rings is 1. The Morgan fingerprint density at radius 1 is 1.30 bits per heavy atom. The van der Waals surface area contributed by atoms with Crippen LogP contribution in [0.1, 0.15) is 58.9 Å². The fourth-order valence-electron chi connectivity index (χ4n) is 3.76. The smallest absolute Gasteiger partial charge is 0.262 e. The minimum absolute atomic E-state index is 0.0192. The average molecular weight is 388 g/mol. The fourth-order valence-corrected chi connectivity index (χ4v) is 4.74. The Hall–Kier alpha value is -1.82. The number of para-hydroxylation sites is 1. The molecule has 1 aromatic heterocycles. The molecule has 1 saturated heterocycles. The van der Waals surface area contributed by atoms with Crippen LogP contribution >= 0.6 is 11.8 Å². The number of carbonyl (C=O) groups excluding carboxylic acids is 1. The predicted octanol–water partition coefficient (Wildman–Crippen LogP) is 4.25. The summed E-state index contributed by atoms with van der Waals surface area (Å²) in [6.45, 7) is 7.09. The monoisotopic (exact) mass is 387 g/mol. The Kier molecular flexibility index (Phi) is 6.58. The molecule has 5 nitrogen and oxygen atoms in total. The van der Waals surface area contributed by atoms with Gasteiger partial charge in [-0.3, -0.25) is 14.2 Å². The number of likely N-dealkylation sites (tertiary alicyclic amines) is 1. The Morgan fingerprint density at radius 2 is 2.07 bits per heavy atom. The van der Waals surface area contributed by atoms with Gasteiger partial charge in [0.15, 0.2) is 5.16 Å². The molecule has 146 valence electrons. The second-order valence-corrected chi connectivity index (χ2v) is 8.22. The van der Waals surface area contributed by atoms with Gasteiger partial charge in [0, 0.05) is 18.6 Å². The highest BCUT2D eigenvalue weighted by Gasteiger charge is 2.26. The summed E-state index contributed by atoms with van der Waals surface area (Å²) in [6.07, 6.45) is 5.22. The van der Waals surface area contributed by atoms with E-state index in [2.05, 4.69) is 13.8 Å². The zero-order valence-electron chi connectivity index (χ0n) is 16.5. The van der Waals surface area contributed by atoms with E-state index in [0.717, 1.165) is 32.2 Å². The third-order valence-electron chi connectivity index (χ3n) is 5.55. The first kappa shape index (κ1) is 19.9. The summed E-state index contributed by atoms with van der Waals surface area (Å²) in [5.74, 6) is 0.488. The van der Waals surface area contributed by atoms with E-state index in [9.17, 15) is 9.59 Å². The van der Waals surface area contributed by atoms with Gasteiger partial charge in [0.25, 0.3) is 5.56 Å². The van der Waals surface area contributed by atoms with Crippen molar-refractivity contribution in [3.63, 3.8) is 0 Å². The van der Waals surface area contributed by atoms with Gasteiger partial charge >= 0.3 is 0 Å². The molecule has 0 saturated carbocycles. The summed E-state index contributed by atoms with van der Waals surface area (Å²) in [4.78, 5) is 32.6. The van der Waals surface area contributed by atoms with Crippen LogP contribution in [0.5, 0.6) is 0 Å². The highest BCUT2D eigenvalue weighted by Crippen LogP contribution is 2.25. The standard InChI is InChI=1S/C21H29N3O2S/c1-4-15(3)24-20(26)17-11-6-7-12-18(17)22-21(24)27-14-19(25)23-13-9-8-10-16(23)5-2/h6-7,11-12,15-16H,4-5,8-10,13-14H2,1-3H3/t15-,16+/m1/s1. The number of hydrogen-bond donors (Lipinski definition) is 0. The van der Waals surface area contributed by atoms with Crippen LogP contribution in [0.25, 0.3) is 10.9 Å². The van der Waals surface area contributed by atoms with E-state index in [4.69, 9.17) is 4.98 Å². The maximum atomic E-state index is 13.0. The van der Waals surface area contributed by atoms with E-state index in [0.29, 0.717) is 27.9 Å². The minimum atomic E-state index is -0.0192. The van der Waals surface area contributed by atoms with Crippen molar-refractivity contribution in [3.05, 3.63) is 34.6 Å². The van der Waals surface area contributed by atoms with Gasteiger partial charge in [-0.15, -0.1) is 0 Å². The molecule has 0 radical (unpaired) electrons. The Balaban J connectivity index is 1.87. The Morgan fingerprint density at radius 3 is 2.81 bits per heavy atom. The lowest BCUT2D eigenvalue weighted by atomic mass is 10.0. The van der Waals surface area contributed by atoms with Crippen molar-refractivity contribution in [3.8, 4) is 0 Å². The van der Waals surface area contributed by atoms with Crippen molar-refractivity contribution in [1.29, 1.82) is 0 Å². The van der Waals surface area contributed by atoms with Crippen molar-refractivity contribution < 1.29 is 4.79 Å². The van der Waals surface area contributed by atoms with Gasteiger partial charge in [0.2, 0.25) is 5.91 Å². The van der Waals surface area contributed by atoms with Crippen LogP contribution in [0.15, 0.2) is 34.2 Å². The summed E-state index contributed by atoms with van der Waals surface area (Å²) >= 11 is 1.39. The molecule has 0 aliphatic carbocycles. The number of amides is 1. The fraction of sp³-hybridized carbons (Fsp3) is 0.571. The van der Waals surface area contributed by atoms with Crippen LogP contribution in [0.3, 0.4) is 0 Å². The summed E-state index contributed by atoms with van der Waals surface area (Å²) in [5, 5.41) is 1.28. The SMILES string of the molecule is CC[C@H]1CCCCN1C(=O)CSc1nc2ccccc2c(=O)n1[C@H](C)CC. The molecule has 1 fully saturated rings. The van der Waals surface area contributed by atoms with Crippen LogP contribution in [-0.2, 0) is 4.79 Å². The second kappa shape index (κ2) is 8.91. The van der Waals surface area contributed by atoms with Gasteiger partial charge in [-0.2, -0.15) is 0 Å². The minimum Gasteiger partial charge on any atom is -0.339 e. The molecular formula is C21H29N3O2S. The lowest BCUT2D eigenvalue weighted by Crippen LogP contribution is -2.44. The van der Waals surface area contributed by atoms with Gasteiger partial charge in [-0.05, 0) is 51.2 Å². The molecule has 0 unspecified atom stereocenters. The number of benzene rings is 1. The molecule has 2 atom stereocenters. The quantitative estimate of drug-likeness (QED) is 0.549. The molecule has 2 heterocycles. The molecule has 1 aliphatic rings. The Bertz CT molecular complexity index is 864. The van der Waals surface area contributed by atoms with Crippen molar-refractivity contribution in [2.45, 2.75) is 70.1 Å². The number of rotatable bonds is 6. The van der Waals surface area contributed by atoms with Crippen LogP contribution in [0, 0.1) is 0 Å². The lowest BCUT2D eigenvalue weighted by molar-refractivity contribution is -0.132. The van der Waals surface area contributed by atoms with Gasteiger partial charge < -0.3 is 4.90 Å². The lowest BCUT2D eigenvalue weighted by Gasteiger charge is -2.35. The number of carbonyl (C=O) groups is 1. The third-order valence-corrected chi connectivity index (χ3v) is 6.49. The highest BCUT2D eigenvalue weighted by molar-refractivity contribution is 7.99. The summed E-state index contributed by atoms with van der Waals surface area (Å²) in [5.41, 5.74) is 0.677. The predicted molar refractivity (Wildman–Crippen MR) is 111 cm³/mol. The molecule has 1 aliphatic heterocycles. The number of nitrogens with zero attached hydrogens (tertiary/aromatic N) is 3. The van der Waals surface area contributed by atoms with Crippen molar-refractivity contribution in [1.82, 2.24) is 14.5 Å². The first-order valence-electron chi connectivity index (χ1n) is 10.00. The maximum absolute atomic E-state index is 13.0. The zero-order chi connectivity index (χ0) is 19.4. The summed E-state index contributed by atoms with van der Waals surface area (Å²) in [7, 11) is 0. The number of thioether (sulfide) groups is 1. The van der Waals surface area contributed by atoms with E-state index in [1.54, 1.807) is 4.57 Å². The normalized spacial score (nSPS) is 18.6. The molecular weight excluding hydrogens is 358 g/mol. The molecule has 3 rings (SSSR count). The molecule has 1 amide bonds. The van der Waals surface area contributed by atoms with Gasteiger partial charge in [0.1, 0.15) is 0 Å². The van der Waals surface area contributed by atoms with Gasteiger partial charge in [-0.25, -0.2) is 4.98 Å². The molecule has 6 heteroatoms. The van der Waals surface area contributed by atoms with Crippen molar-refractivity contribution >= 4 is 28.6 Å². The van der Waals surface area contributed by atoms with Crippen molar-refractivity contribution in [2.24, 2.45) is 0 Å². The van der Waals surface area contributed by atoms with Gasteiger partial charge in [0.05, 0.1) is 16.7 Å². The van der Waals surface area contributed by atoms with Crippen LogP contribution in [0.2, 0.25) is 0 Å². The van der Waals surface area contributed by atoms with E-state index >= 15 is 0 Å². The molecule has 27 heavy (non-hydrogen) atoms. The molecule has 0 spiro atoms. The zero-order valence-corrected chi connectivity index (χ0v) is 17.3. The molecule has 1 aromatic carbocycles. The van der Waals surface area contributed by atoms with E-state index < -0.39 is 0 Å². The first-order chi connectivity index (χ1) is 13.1. The highest BCUT2D eigenvalue weighted by atomic mass is 32.2. The maximum Gasteiger partial charge on any atom is 0.262 e. The third kappa shape index (κ3) is 4.21. The van der Waals surface area contributed by atoms with E-state index in [1.165, 1.54) is 18.2 Å². The number of aromatic nitrogens is 2. The van der Waals surface area contributed by atoms with E-state index in [1.807, 2.05) is 36.1 Å². The number of fused-ring (bicyclic) bond motifs is 1. The van der Waals surface area contributed by atoms with Crippen LogP contribution in [0.4, 0.5) is 0 Å². The van der Waals surface area contributed by atoms with Crippen molar-refractivity contribution in [2.75, 3.05) is 12.3 Å². The molecule has 0 bridgehead atoms. The first-order valence-corrected chi connectivity index (χ1v) is 11.0. The Labute approximate surface area is 165 Å². The van der Waals surface area contributed by atoms with E-state index in [-0.39, 0.29) is 17.5 Å². The topological polar surface area (TPSA) is 55.2 Å². The summed E-state index contributed by atoms with van der Waals surface area (Å²) < 4.78 is 1.76. The second-order valence-electron chi connectivity index (χ2n) is 7.28. The van der Waals surface area contributed by atoms with Crippen LogP contribution < -0.4 is 5.56 Å². The van der Waals surface area contributed by atoms with Crippen LogP contribution in [-0.4, -0.2) is 38.7 Å².